The topological polar surface area (TPSA) is 67.8 Å². The number of benzene rings is 1. The summed E-state index contributed by atoms with van der Waals surface area (Å²) in [6.07, 6.45) is 3.70. The number of aromatic nitrogens is 3. The average molecular weight is 487 g/mol. The van der Waals surface area contributed by atoms with Gasteiger partial charge in [0.25, 0.3) is 5.91 Å². The summed E-state index contributed by atoms with van der Waals surface area (Å²) in [5.74, 6) is -4.88. The summed E-state index contributed by atoms with van der Waals surface area (Å²) < 4.78 is 56.8. The van der Waals surface area contributed by atoms with Gasteiger partial charge in [-0.2, -0.15) is 0 Å². The van der Waals surface area contributed by atoms with Crippen molar-refractivity contribution < 1.29 is 22.4 Å². The molecule has 0 radical (unpaired) electrons. The fraction of sp³-hybridized carbons (Fsp3) is 0.385. The third kappa shape index (κ3) is 5.33. The van der Waals surface area contributed by atoms with Crippen LogP contribution in [-0.4, -0.2) is 26.8 Å². The third-order valence-corrected chi connectivity index (χ3v) is 6.37. The van der Waals surface area contributed by atoms with E-state index in [0.717, 1.165) is 18.2 Å². The number of hydrogen-bond donors (Lipinski definition) is 1. The highest BCUT2D eigenvalue weighted by Crippen LogP contribution is 2.47. The zero-order valence-corrected chi connectivity index (χ0v) is 19.7. The molecule has 0 bridgehead atoms. The molecule has 1 fully saturated rings. The molecule has 0 aliphatic heterocycles. The lowest BCUT2D eigenvalue weighted by Gasteiger charge is -2.34. The molecule has 1 N–H and O–H groups in total. The van der Waals surface area contributed by atoms with Gasteiger partial charge in [0.15, 0.2) is 0 Å². The Morgan fingerprint density at radius 1 is 1.09 bits per heavy atom. The number of alkyl halides is 2. The Morgan fingerprint density at radius 2 is 1.80 bits per heavy atom. The van der Waals surface area contributed by atoms with E-state index in [4.69, 9.17) is 0 Å². The maximum Gasteiger partial charge on any atom is 0.258 e. The maximum atomic E-state index is 14.7. The number of nitrogens with one attached hydrogen (secondary N) is 1. The third-order valence-electron chi connectivity index (χ3n) is 6.37. The SMILES string of the molecule is CC(C)c1ncc(C(=O)Nc2c(-c3cc(F)ccc3F)ccnc2[C@@H]2CCC(F)(F)C[C@H]2C)cn1. The number of carbonyl (C=O) groups is 1. The van der Waals surface area contributed by atoms with E-state index in [-0.39, 0.29) is 47.6 Å². The number of carbonyl (C=O) groups excluding carboxylic acids is 1. The summed E-state index contributed by atoms with van der Waals surface area (Å²) in [5, 5.41) is 2.77. The van der Waals surface area contributed by atoms with Crippen LogP contribution in [0.2, 0.25) is 0 Å². The summed E-state index contributed by atoms with van der Waals surface area (Å²) in [6.45, 7) is 5.55. The van der Waals surface area contributed by atoms with Gasteiger partial charge in [0.05, 0.1) is 16.9 Å². The molecule has 1 amide bonds. The molecule has 4 rings (SSSR count). The number of amides is 1. The van der Waals surface area contributed by atoms with Crippen molar-refractivity contribution >= 4 is 11.6 Å². The molecule has 0 saturated heterocycles. The van der Waals surface area contributed by atoms with Crippen LogP contribution in [0.3, 0.4) is 0 Å². The van der Waals surface area contributed by atoms with Crippen molar-refractivity contribution in [1.82, 2.24) is 15.0 Å². The molecule has 9 heteroatoms. The second-order valence-corrected chi connectivity index (χ2v) is 9.36. The first kappa shape index (κ1) is 24.8. The first-order valence-corrected chi connectivity index (χ1v) is 11.5. The highest BCUT2D eigenvalue weighted by atomic mass is 19.3. The van der Waals surface area contributed by atoms with Crippen molar-refractivity contribution in [3.63, 3.8) is 0 Å². The maximum absolute atomic E-state index is 14.7. The van der Waals surface area contributed by atoms with Gasteiger partial charge in [-0.15, -0.1) is 0 Å². The number of pyridine rings is 1. The molecule has 1 saturated carbocycles. The summed E-state index contributed by atoms with van der Waals surface area (Å²) in [4.78, 5) is 26.0. The summed E-state index contributed by atoms with van der Waals surface area (Å²) in [5.41, 5.74) is 0.839. The predicted octanol–water partition coefficient (Wildman–Crippen LogP) is 6.73. The first-order chi connectivity index (χ1) is 16.6. The van der Waals surface area contributed by atoms with E-state index in [1.165, 1.54) is 24.7 Å². The van der Waals surface area contributed by atoms with Crippen LogP contribution in [0.15, 0.2) is 42.9 Å². The van der Waals surface area contributed by atoms with Gasteiger partial charge in [0.2, 0.25) is 5.92 Å². The van der Waals surface area contributed by atoms with Crippen molar-refractivity contribution in [1.29, 1.82) is 0 Å². The lowest BCUT2D eigenvalue weighted by molar-refractivity contribution is -0.0558. The number of rotatable bonds is 5. The van der Waals surface area contributed by atoms with Crippen LogP contribution in [0.4, 0.5) is 23.2 Å². The van der Waals surface area contributed by atoms with Crippen LogP contribution >= 0.6 is 0 Å². The van der Waals surface area contributed by atoms with Crippen LogP contribution in [0.1, 0.15) is 73.7 Å². The Kier molecular flexibility index (Phi) is 6.87. The van der Waals surface area contributed by atoms with Gasteiger partial charge in [0, 0.05) is 54.4 Å². The summed E-state index contributed by atoms with van der Waals surface area (Å²) in [7, 11) is 0. The Balaban J connectivity index is 1.79. The van der Waals surface area contributed by atoms with Gasteiger partial charge in [-0.3, -0.25) is 9.78 Å². The van der Waals surface area contributed by atoms with E-state index in [1.807, 2.05) is 13.8 Å². The van der Waals surface area contributed by atoms with Crippen molar-refractivity contribution in [3.8, 4) is 11.1 Å². The molecule has 2 heterocycles. The minimum atomic E-state index is -2.78. The van der Waals surface area contributed by atoms with E-state index in [0.29, 0.717) is 11.5 Å². The molecule has 2 atom stereocenters. The zero-order valence-electron chi connectivity index (χ0n) is 19.7. The lowest BCUT2D eigenvalue weighted by Crippen LogP contribution is -2.31. The van der Waals surface area contributed by atoms with E-state index in [9.17, 15) is 22.4 Å². The molecule has 184 valence electrons. The summed E-state index contributed by atoms with van der Waals surface area (Å²) >= 11 is 0. The van der Waals surface area contributed by atoms with Crippen LogP contribution in [0, 0.1) is 17.6 Å². The van der Waals surface area contributed by atoms with Gasteiger partial charge in [-0.25, -0.2) is 27.5 Å². The number of halogens is 4. The van der Waals surface area contributed by atoms with Crippen LogP contribution < -0.4 is 5.32 Å². The molecule has 3 aromatic rings. The Morgan fingerprint density at radius 3 is 2.46 bits per heavy atom. The fourth-order valence-corrected chi connectivity index (χ4v) is 4.53. The van der Waals surface area contributed by atoms with Crippen molar-refractivity contribution in [2.75, 3.05) is 5.32 Å². The molecule has 0 unspecified atom stereocenters. The Hall–Kier alpha value is -3.36. The molecule has 1 aliphatic carbocycles. The molecular weight excluding hydrogens is 460 g/mol. The second kappa shape index (κ2) is 9.71. The average Bonchev–Trinajstić information content (AvgIpc) is 2.80. The smallest absolute Gasteiger partial charge is 0.258 e. The van der Waals surface area contributed by atoms with Gasteiger partial charge in [-0.1, -0.05) is 20.8 Å². The van der Waals surface area contributed by atoms with Gasteiger partial charge < -0.3 is 5.32 Å². The molecule has 0 spiro atoms. The largest absolute Gasteiger partial charge is 0.320 e. The first-order valence-electron chi connectivity index (χ1n) is 11.5. The quantitative estimate of drug-likeness (QED) is 0.406. The minimum Gasteiger partial charge on any atom is -0.320 e. The Bertz CT molecular complexity index is 1230. The van der Waals surface area contributed by atoms with Crippen LogP contribution in [-0.2, 0) is 0 Å². The monoisotopic (exact) mass is 486 g/mol. The fourth-order valence-electron chi connectivity index (χ4n) is 4.53. The predicted molar refractivity (Wildman–Crippen MR) is 124 cm³/mol. The van der Waals surface area contributed by atoms with E-state index < -0.39 is 35.3 Å². The van der Waals surface area contributed by atoms with Crippen LogP contribution in [0.5, 0.6) is 0 Å². The van der Waals surface area contributed by atoms with Gasteiger partial charge in [-0.05, 0) is 36.6 Å². The van der Waals surface area contributed by atoms with E-state index >= 15 is 0 Å². The van der Waals surface area contributed by atoms with E-state index in [2.05, 4.69) is 20.3 Å². The molecular formula is C26H26F4N4O. The van der Waals surface area contributed by atoms with Crippen LogP contribution in [0.25, 0.3) is 11.1 Å². The molecule has 1 aliphatic rings. The Labute approximate surface area is 201 Å². The zero-order chi connectivity index (χ0) is 25.3. The molecule has 35 heavy (non-hydrogen) atoms. The minimum absolute atomic E-state index is 0.0656. The molecule has 1 aromatic carbocycles. The number of anilines is 1. The van der Waals surface area contributed by atoms with Crippen molar-refractivity contribution in [2.45, 2.75) is 57.8 Å². The van der Waals surface area contributed by atoms with Crippen molar-refractivity contribution in [2.24, 2.45) is 5.92 Å². The lowest BCUT2D eigenvalue weighted by atomic mass is 9.75. The highest BCUT2D eigenvalue weighted by Gasteiger charge is 2.41. The second-order valence-electron chi connectivity index (χ2n) is 9.36. The molecule has 5 nitrogen and oxygen atoms in total. The van der Waals surface area contributed by atoms with Gasteiger partial charge in [0.1, 0.15) is 17.5 Å². The van der Waals surface area contributed by atoms with Gasteiger partial charge >= 0.3 is 0 Å². The standard InChI is InChI=1S/C26H26F4N4O/c1-14(2)24-32-12-16(13-33-24)25(35)34-23-19(20-10-17(27)4-5-21(20)28)7-9-31-22(23)18-6-8-26(29,30)11-15(18)3/h4-5,7,9-10,12-15,18H,6,8,11H2,1-3H3,(H,34,35)/t15-,18-/m1/s1. The molecule has 2 aromatic heterocycles. The normalized spacial score (nSPS) is 19.5. The summed E-state index contributed by atoms with van der Waals surface area (Å²) in [6, 6.07) is 4.50. The van der Waals surface area contributed by atoms with Crippen molar-refractivity contribution in [3.05, 3.63) is 71.6 Å². The number of nitrogens with zero attached hydrogens (tertiary/aromatic N) is 3. The van der Waals surface area contributed by atoms with E-state index in [1.54, 1.807) is 6.92 Å². The number of hydrogen-bond acceptors (Lipinski definition) is 4. The highest BCUT2D eigenvalue weighted by molar-refractivity contribution is 6.06.